The van der Waals surface area contributed by atoms with Gasteiger partial charge in [-0.25, -0.2) is 4.79 Å². The van der Waals surface area contributed by atoms with Gasteiger partial charge in [-0.1, -0.05) is 39.2 Å². The summed E-state index contributed by atoms with van der Waals surface area (Å²) in [6.45, 7) is 5.24. The summed E-state index contributed by atoms with van der Waals surface area (Å²) in [5.74, 6) is 1.51. The largest absolute Gasteiger partial charge is 0.351 e. The van der Waals surface area contributed by atoms with Crippen molar-refractivity contribution in [2.75, 3.05) is 26.2 Å². The number of benzene rings is 1. The lowest BCUT2D eigenvalue weighted by Crippen LogP contribution is -2.44. The van der Waals surface area contributed by atoms with Crippen molar-refractivity contribution < 1.29 is 9.59 Å². The molecule has 1 aromatic carbocycles. The van der Waals surface area contributed by atoms with Gasteiger partial charge in [-0.15, -0.1) is 0 Å². The van der Waals surface area contributed by atoms with Crippen LogP contribution in [0.15, 0.2) is 28.3 Å². The Kier molecular flexibility index (Phi) is 8.06. The molecule has 7 heteroatoms. The van der Waals surface area contributed by atoms with Crippen LogP contribution in [0.5, 0.6) is 0 Å². The van der Waals surface area contributed by atoms with Crippen LogP contribution in [-0.2, 0) is 11.2 Å². The molecule has 1 unspecified atom stereocenters. The number of hydrogen-bond donors (Lipinski definition) is 1. The van der Waals surface area contributed by atoms with E-state index in [9.17, 15) is 9.59 Å². The summed E-state index contributed by atoms with van der Waals surface area (Å²) in [5, 5.41) is 0.794. The number of carbonyl (C=O) groups is 2. The van der Waals surface area contributed by atoms with E-state index >= 15 is 0 Å². The Morgan fingerprint density at radius 3 is 2.39 bits per heavy atom. The maximum Gasteiger partial charge on any atom is 0.314 e. The Bertz CT molecular complexity index is 918. The van der Waals surface area contributed by atoms with Gasteiger partial charge in [0, 0.05) is 48.0 Å². The van der Waals surface area contributed by atoms with E-state index in [0.717, 1.165) is 67.5 Å². The number of allylic oxidation sites excluding steroid dienone is 2. The zero-order valence-corrected chi connectivity index (χ0v) is 21.8. The van der Waals surface area contributed by atoms with Crippen LogP contribution in [0.3, 0.4) is 0 Å². The molecule has 0 bridgehead atoms. The molecule has 33 heavy (non-hydrogen) atoms. The molecule has 0 spiro atoms. The number of nitrogens with zero attached hydrogens (tertiary/aromatic N) is 2. The minimum atomic E-state index is -0.351. The summed E-state index contributed by atoms with van der Waals surface area (Å²) in [5.41, 5.74) is 9.60. The standard InChI is InChI=1S/C26H35BrClN3O2/c1-17-3-2-4-20-15-21(28)16-23(27)25(20)22(13-17)19-7-11-30(12-8-19)24(32)14-18-5-9-31(10-6-18)26(29)33/h13,15-16,18-19,22H,2-12,14H2,1H3,(H2,29,33)/b17-13-. The Morgan fingerprint density at radius 2 is 1.73 bits per heavy atom. The number of hydrogen-bond acceptors (Lipinski definition) is 2. The first-order valence-electron chi connectivity index (χ1n) is 12.3. The molecule has 2 heterocycles. The number of piperidine rings is 2. The second kappa shape index (κ2) is 10.8. The smallest absolute Gasteiger partial charge is 0.314 e. The van der Waals surface area contributed by atoms with Gasteiger partial charge in [0.1, 0.15) is 0 Å². The highest BCUT2D eigenvalue weighted by molar-refractivity contribution is 9.10. The molecule has 2 aliphatic heterocycles. The lowest BCUT2D eigenvalue weighted by atomic mass is 9.75. The summed E-state index contributed by atoms with van der Waals surface area (Å²) < 4.78 is 1.11. The first-order valence-corrected chi connectivity index (χ1v) is 13.5. The fraction of sp³-hybridized carbons (Fsp3) is 0.615. The van der Waals surface area contributed by atoms with E-state index in [0.29, 0.717) is 37.3 Å². The summed E-state index contributed by atoms with van der Waals surface area (Å²) in [7, 11) is 0. The average Bonchev–Trinajstić information content (AvgIpc) is 2.77. The number of amides is 3. The maximum absolute atomic E-state index is 13.0. The third kappa shape index (κ3) is 5.94. The number of nitrogens with two attached hydrogens (primary N) is 1. The Hall–Kier alpha value is -1.53. The van der Waals surface area contributed by atoms with Crippen molar-refractivity contribution in [2.45, 2.75) is 64.2 Å². The predicted molar refractivity (Wildman–Crippen MR) is 136 cm³/mol. The van der Waals surface area contributed by atoms with Crippen LogP contribution in [0.1, 0.15) is 68.9 Å². The van der Waals surface area contributed by atoms with E-state index in [1.807, 2.05) is 6.07 Å². The molecule has 1 aromatic rings. The molecular formula is C26H35BrClN3O2. The van der Waals surface area contributed by atoms with Gasteiger partial charge in [0.2, 0.25) is 5.91 Å². The molecule has 1 atom stereocenters. The van der Waals surface area contributed by atoms with E-state index < -0.39 is 0 Å². The number of urea groups is 1. The zero-order valence-electron chi connectivity index (χ0n) is 19.5. The highest BCUT2D eigenvalue weighted by atomic mass is 79.9. The molecule has 2 fully saturated rings. The highest BCUT2D eigenvalue weighted by Crippen LogP contribution is 2.43. The van der Waals surface area contributed by atoms with E-state index in [1.54, 1.807) is 4.90 Å². The van der Waals surface area contributed by atoms with Crippen LogP contribution in [0, 0.1) is 11.8 Å². The number of primary amides is 1. The molecule has 2 N–H and O–H groups in total. The number of halogens is 2. The molecule has 2 saturated heterocycles. The molecular weight excluding hydrogens is 502 g/mol. The van der Waals surface area contributed by atoms with Crippen molar-refractivity contribution in [3.05, 3.63) is 44.4 Å². The van der Waals surface area contributed by atoms with Gasteiger partial charge in [-0.2, -0.15) is 0 Å². The van der Waals surface area contributed by atoms with Crippen LogP contribution in [-0.4, -0.2) is 47.9 Å². The molecule has 1 aliphatic carbocycles. The van der Waals surface area contributed by atoms with Gasteiger partial charge in [0.25, 0.3) is 0 Å². The number of fused-ring (bicyclic) bond motifs is 1. The van der Waals surface area contributed by atoms with E-state index in [1.165, 1.54) is 16.7 Å². The quantitative estimate of drug-likeness (QED) is 0.490. The van der Waals surface area contributed by atoms with Crippen molar-refractivity contribution >= 4 is 39.5 Å². The van der Waals surface area contributed by atoms with Crippen LogP contribution in [0.25, 0.3) is 0 Å². The third-order valence-electron chi connectivity index (χ3n) is 7.78. The minimum absolute atomic E-state index is 0.267. The average molecular weight is 537 g/mol. The number of carbonyl (C=O) groups excluding carboxylic acids is 2. The number of rotatable bonds is 3. The van der Waals surface area contributed by atoms with Crippen molar-refractivity contribution in [3.63, 3.8) is 0 Å². The highest BCUT2D eigenvalue weighted by Gasteiger charge is 2.32. The minimum Gasteiger partial charge on any atom is -0.351 e. The zero-order chi connectivity index (χ0) is 23.5. The van der Waals surface area contributed by atoms with Crippen LogP contribution in [0.2, 0.25) is 5.02 Å². The molecule has 3 amide bonds. The summed E-state index contributed by atoms with van der Waals surface area (Å²) in [6.07, 6.45) is 10.2. The predicted octanol–water partition coefficient (Wildman–Crippen LogP) is 5.89. The molecule has 0 aromatic heterocycles. The van der Waals surface area contributed by atoms with Gasteiger partial charge in [0.15, 0.2) is 0 Å². The molecule has 0 saturated carbocycles. The van der Waals surface area contributed by atoms with Gasteiger partial charge in [0.05, 0.1) is 0 Å². The van der Waals surface area contributed by atoms with Crippen molar-refractivity contribution in [1.29, 1.82) is 0 Å². The lowest BCUT2D eigenvalue weighted by molar-refractivity contribution is -0.134. The Labute approximate surface area is 210 Å². The Morgan fingerprint density at radius 1 is 1.06 bits per heavy atom. The topological polar surface area (TPSA) is 66.6 Å². The van der Waals surface area contributed by atoms with E-state index in [-0.39, 0.29) is 11.9 Å². The van der Waals surface area contributed by atoms with Gasteiger partial charge in [-0.05, 0) is 87.0 Å². The third-order valence-corrected chi connectivity index (χ3v) is 8.66. The number of likely N-dealkylation sites (tertiary alicyclic amines) is 2. The molecule has 5 nitrogen and oxygen atoms in total. The molecule has 0 radical (unpaired) electrons. The second-order valence-corrected chi connectivity index (χ2v) is 11.3. The van der Waals surface area contributed by atoms with Crippen LogP contribution in [0.4, 0.5) is 4.79 Å². The molecule has 3 aliphatic rings. The van der Waals surface area contributed by atoms with E-state index in [4.69, 9.17) is 17.3 Å². The van der Waals surface area contributed by atoms with Crippen molar-refractivity contribution in [3.8, 4) is 0 Å². The summed E-state index contributed by atoms with van der Waals surface area (Å²) in [6, 6.07) is 3.82. The SMILES string of the molecule is C/C1=C/C(C2CCN(C(=O)CC3CCN(C(N)=O)CC3)CC2)c2c(Br)cc(Cl)cc2CCC1. The Balaban J connectivity index is 1.39. The van der Waals surface area contributed by atoms with Crippen molar-refractivity contribution in [2.24, 2.45) is 17.6 Å². The van der Waals surface area contributed by atoms with Gasteiger partial charge >= 0.3 is 6.03 Å². The summed E-state index contributed by atoms with van der Waals surface area (Å²) in [4.78, 5) is 28.1. The lowest BCUT2D eigenvalue weighted by Gasteiger charge is -2.38. The summed E-state index contributed by atoms with van der Waals surface area (Å²) >= 11 is 10.2. The maximum atomic E-state index is 13.0. The van der Waals surface area contributed by atoms with Crippen LogP contribution >= 0.6 is 27.5 Å². The van der Waals surface area contributed by atoms with E-state index in [2.05, 4.69) is 39.9 Å². The van der Waals surface area contributed by atoms with Gasteiger partial charge in [-0.3, -0.25) is 4.79 Å². The first kappa shape index (κ1) is 24.6. The normalized spacial score (nSPS) is 24.5. The first-order chi connectivity index (χ1) is 15.8. The monoisotopic (exact) mass is 535 g/mol. The molecule has 180 valence electrons. The van der Waals surface area contributed by atoms with Gasteiger partial charge < -0.3 is 15.5 Å². The molecule has 4 rings (SSSR count). The fourth-order valence-corrected chi connectivity index (χ4v) is 7.00. The van der Waals surface area contributed by atoms with Crippen molar-refractivity contribution in [1.82, 2.24) is 9.80 Å². The number of aryl methyl sites for hydroxylation is 1. The van der Waals surface area contributed by atoms with Crippen LogP contribution < -0.4 is 5.73 Å². The fourth-order valence-electron chi connectivity index (χ4n) is 5.86. The second-order valence-electron chi connectivity index (χ2n) is 10.0.